The number of hydrogen-bond donors (Lipinski definition) is 4. The molecule has 0 unspecified atom stereocenters. The molecule has 3 aromatic carbocycles. The van der Waals surface area contributed by atoms with E-state index in [0.29, 0.717) is 88.9 Å². The van der Waals surface area contributed by atoms with Crippen LogP contribution in [0.5, 0.6) is 0 Å². The third-order valence-electron chi connectivity index (χ3n) is 13.9. The number of carbonyl (C=O) groups is 5. The zero-order valence-electron chi connectivity index (χ0n) is 42.5. The average Bonchev–Trinajstić information content (AvgIpc) is 4.13. The van der Waals surface area contributed by atoms with Crippen molar-refractivity contribution in [2.45, 2.75) is 78.9 Å². The second-order valence-electron chi connectivity index (χ2n) is 19.0. The molecule has 4 amide bonds. The number of nitrogens with zero attached hydrogens (tertiary/aromatic N) is 9. The number of aliphatic imine (C=N–C) groups is 1. The molecule has 392 valence electrons. The van der Waals surface area contributed by atoms with Crippen LogP contribution < -0.4 is 21.3 Å². The molecule has 0 spiro atoms. The molecular weight excluding hydrogens is 1000 g/mol. The Hall–Kier alpha value is -7.36. The van der Waals surface area contributed by atoms with Gasteiger partial charge in [-0.1, -0.05) is 35.9 Å². The van der Waals surface area contributed by atoms with Crippen LogP contribution in [0.4, 0.5) is 4.39 Å². The highest BCUT2D eigenvalue weighted by molar-refractivity contribution is 7.15. The van der Waals surface area contributed by atoms with Crippen molar-refractivity contribution in [2.24, 2.45) is 10.9 Å². The van der Waals surface area contributed by atoms with Crippen molar-refractivity contribution in [3.05, 3.63) is 111 Å². The van der Waals surface area contributed by atoms with E-state index in [9.17, 15) is 24.0 Å². The Kier molecular flexibility index (Phi) is 16.1. The fraction of sp³-hybridized carbons (Fsp3) is 0.396. The Bertz CT molecular complexity index is 3340. The number of esters is 1. The number of rotatable bonds is 19. The summed E-state index contributed by atoms with van der Waals surface area (Å²) >= 11 is 7.92. The Morgan fingerprint density at radius 2 is 1.53 bits per heavy atom. The molecule has 4 N–H and O–H groups in total. The van der Waals surface area contributed by atoms with E-state index in [-0.39, 0.29) is 37.9 Å². The lowest BCUT2D eigenvalue weighted by atomic mass is 9.96. The predicted octanol–water partition coefficient (Wildman–Crippen LogP) is 5.83. The first-order chi connectivity index (χ1) is 36.1. The van der Waals surface area contributed by atoms with Gasteiger partial charge in [-0.2, -0.15) is 10.2 Å². The number of halogens is 2. The third kappa shape index (κ3) is 11.8. The number of fused-ring (bicyclic) bond motifs is 5. The number of nitrogens with one attached hydrogen (secondary N) is 4. The van der Waals surface area contributed by atoms with Gasteiger partial charge in [-0.3, -0.25) is 47.8 Å². The summed E-state index contributed by atoms with van der Waals surface area (Å²) in [7, 11) is 1.21. The number of piperidine rings is 1. The van der Waals surface area contributed by atoms with Crippen molar-refractivity contribution < 1.29 is 33.1 Å². The van der Waals surface area contributed by atoms with Crippen molar-refractivity contribution in [1.82, 2.24) is 60.5 Å². The standard InChI is InChI=1S/C53H59ClFN13O6S/c1-30-32(3)75-53-49(30)51(35-11-13-37(54)14-12-35)61-41(52-63-62-33(4)68(52)53)23-44(69)56-17-6-7-18-57-46(71)28-65-19-15-34(16-20-65)27-66-43-22-39(40(55)21-36(43)24-60-66)38-9-8-10-42-50(38)31(2)64-67(42)29-47(72)58-25-45(70)59-26-48(73)74-5/h8-14,21-22,24,34,41H,6-7,15-20,23,25-29H2,1-5H3,(H,56,69)(H,57,71)(H,58,72)(H,59,70)/t41-/m0/s1. The van der Waals surface area contributed by atoms with E-state index >= 15 is 4.39 Å². The summed E-state index contributed by atoms with van der Waals surface area (Å²) in [6.45, 7) is 10.5. The number of aryl methyl sites for hydroxylation is 3. The zero-order chi connectivity index (χ0) is 52.9. The molecule has 2 aliphatic heterocycles. The number of ether oxygens (including phenoxy) is 1. The van der Waals surface area contributed by atoms with E-state index in [2.05, 4.69) is 65.1 Å². The van der Waals surface area contributed by atoms with E-state index in [0.717, 1.165) is 64.7 Å². The topological polar surface area (TPSA) is 225 Å². The highest BCUT2D eigenvalue weighted by Gasteiger charge is 2.33. The maximum absolute atomic E-state index is 15.9. The summed E-state index contributed by atoms with van der Waals surface area (Å²) in [5, 5.41) is 32.1. The maximum atomic E-state index is 15.9. The summed E-state index contributed by atoms with van der Waals surface area (Å²) in [4.78, 5) is 71.2. The van der Waals surface area contributed by atoms with Crippen LogP contribution in [0.15, 0.2) is 65.8 Å². The number of unbranched alkanes of at least 4 members (excludes halogenated alkanes) is 1. The Balaban J connectivity index is 0.729. The normalized spacial score (nSPS) is 14.8. The van der Waals surface area contributed by atoms with Gasteiger partial charge in [0.2, 0.25) is 23.6 Å². The molecule has 4 aromatic heterocycles. The monoisotopic (exact) mass is 1060 g/mol. The average molecular weight is 1060 g/mol. The molecule has 1 saturated heterocycles. The molecular formula is C53H59ClFN13O6S. The van der Waals surface area contributed by atoms with E-state index in [1.165, 1.54) is 22.7 Å². The first-order valence-corrected chi connectivity index (χ1v) is 26.2. The summed E-state index contributed by atoms with van der Waals surface area (Å²) in [5.74, 6) is -0.566. The van der Waals surface area contributed by atoms with Gasteiger partial charge in [0.25, 0.3) is 0 Å². The lowest BCUT2D eigenvalue weighted by Gasteiger charge is -2.31. The fourth-order valence-corrected chi connectivity index (χ4v) is 11.1. The van der Waals surface area contributed by atoms with Crippen molar-refractivity contribution in [3.63, 3.8) is 0 Å². The number of likely N-dealkylation sites (tertiary alicyclic amines) is 1. The van der Waals surface area contributed by atoms with E-state index < -0.39 is 29.6 Å². The number of hydrogen-bond acceptors (Lipinski definition) is 13. The van der Waals surface area contributed by atoms with Gasteiger partial charge in [-0.05, 0) is 114 Å². The molecule has 1 fully saturated rings. The molecule has 7 aromatic rings. The van der Waals surface area contributed by atoms with E-state index in [1.54, 1.807) is 30.5 Å². The van der Waals surface area contributed by atoms with Crippen molar-refractivity contribution in [2.75, 3.05) is 52.9 Å². The smallest absolute Gasteiger partial charge is 0.325 e. The van der Waals surface area contributed by atoms with Crippen molar-refractivity contribution >= 4 is 80.1 Å². The minimum atomic E-state index is -0.609. The first-order valence-electron chi connectivity index (χ1n) is 25.0. The molecule has 9 rings (SSSR count). The van der Waals surface area contributed by atoms with E-state index in [4.69, 9.17) is 16.6 Å². The van der Waals surface area contributed by atoms with Crippen molar-refractivity contribution in [3.8, 4) is 16.1 Å². The number of carbonyl (C=O) groups excluding carboxylic acids is 5. The van der Waals surface area contributed by atoms with Gasteiger partial charge in [0.05, 0.1) is 55.3 Å². The van der Waals surface area contributed by atoms with E-state index in [1.807, 2.05) is 58.6 Å². The second-order valence-corrected chi connectivity index (χ2v) is 20.7. The molecule has 19 nitrogen and oxygen atoms in total. The Labute approximate surface area is 441 Å². The second kappa shape index (κ2) is 23.0. The molecule has 75 heavy (non-hydrogen) atoms. The number of amides is 4. The van der Waals surface area contributed by atoms with Gasteiger partial charge in [-0.15, -0.1) is 21.5 Å². The summed E-state index contributed by atoms with van der Waals surface area (Å²) in [6, 6.07) is 15.8. The van der Waals surface area contributed by atoms with Crippen LogP contribution in [-0.4, -0.2) is 127 Å². The SMILES string of the molecule is COC(=O)CNC(=O)CNC(=O)Cn1nc(C)c2c(-c3cc4c(cnn4CC4CCN(CC(=O)NCCCCNC(=O)C[C@@H]5N=C(c6ccc(Cl)cc6)c6c(sc(C)c6C)-n6c(C)nnc65)CC4)cc3F)cccc21. The lowest BCUT2D eigenvalue weighted by molar-refractivity contribution is -0.141. The highest BCUT2D eigenvalue weighted by Crippen LogP contribution is 2.40. The molecule has 0 aliphatic carbocycles. The minimum absolute atomic E-state index is 0.0386. The largest absolute Gasteiger partial charge is 0.468 e. The van der Waals surface area contributed by atoms with Crippen LogP contribution in [0.3, 0.4) is 0 Å². The number of aromatic nitrogens is 7. The molecule has 6 heterocycles. The molecule has 1 atom stereocenters. The van der Waals surface area contributed by atoms with Gasteiger partial charge >= 0.3 is 5.97 Å². The van der Waals surface area contributed by atoms with Crippen LogP contribution in [0.2, 0.25) is 5.02 Å². The van der Waals surface area contributed by atoms with Gasteiger partial charge in [0.15, 0.2) is 5.82 Å². The lowest BCUT2D eigenvalue weighted by Crippen LogP contribution is -2.42. The molecule has 22 heteroatoms. The van der Waals surface area contributed by atoms with Gasteiger partial charge in [0.1, 0.15) is 35.8 Å². The third-order valence-corrected chi connectivity index (χ3v) is 15.3. The Morgan fingerprint density at radius 3 is 2.28 bits per heavy atom. The molecule has 0 bridgehead atoms. The van der Waals surface area contributed by atoms with Crippen molar-refractivity contribution in [1.29, 1.82) is 0 Å². The van der Waals surface area contributed by atoms with Crippen LogP contribution >= 0.6 is 22.9 Å². The van der Waals surface area contributed by atoms with Crippen LogP contribution in [0.25, 0.3) is 37.9 Å². The summed E-state index contributed by atoms with van der Waals surface area (Å²) in [6.07, 6.45) is 4.90. The molecule has 0 saturated carbocycles. The van der Waals surface area contributed by atoms with Gasteiger partial charge < -0.3 is 26.0 Å². The predicted molar refractivity (Wildman–Crippen MR) is 284 cm³/mol. The molecule has 2 aliphatic rings. The zero-order valence-corrected chi connectivity index (χ0v) is 44.0. The quantitative estimate of drug-likeness (QED) is 0.0557. The minimum Gasteiger partial charge on any atom is -0.468 e. The van der Waals surface area contributed by atoms with Crippen LogP contribution in [0.1, 0.15) is 77.1 Å². The maximum Gasteiger partial charge on any atom is 0.325 e. The van der Waals surface area contributed by atoms with Gasteiger partial charge in [-0.25, -0.2) is 4.39 Å². The number of methoxy groups -OCH3 is 1. The fourth-order valence-electron chi connectivity index (χ4n) is 9.81. The summed E-state index contributed by atoms with van der Waals surface area (Å²) in [5.41, 5.74) is 6.86. The number of thiophene rings is 1. The Morgan fingerprint density at radius 1 is 0.813 bits per heavy atom. The van der Waals surface area contributed by atoms with Crippen LogP contribution in [-0.2, 0) is 41.8 Å². The summed E-state index contributed by atoms with van der Waals surface area (Å²) < 4.78 is 25.9. The highest BCUT2D eigenvalue weighted by atomic mass is 35.5. The van der Waals surface area contributed by atoms with Crippen LogP contribution in [0, 0.1) is 39.4 Å². The first kappa shape index (κ1) is 52.5. The number of benzene rings is 3. The van der Waals surface area contributed by atoms with Gasteiger partial charge in [0, 0.05) is 57.0 Å². The molecule has 0 radical (unpaired) electrons.